The molecule has 3 aromatic heterocycles. The molecular formula is C83H95N3O. The molecule has 3 heterocycles. The van der Waals surface area contributed by atoms with E-state index in [1.165, 1.54) is 87.6 Å². The third-order valence-electron chi connectivity index (χ3n) is 15.9. The topological polar surface area (TPSA) is 47.8 Å². The van der Waals surface area contributed by atoms with Crippen LogP contribution in [-0.2, 0) is 27.2 Å². The van der Waals surface area contributed by atoms with Gasteiger partial charge in [-0.3, -0.25) is 14.8 Å². The van der Waals surface area contributed by atoms with E-state index < -0.39 is 0 Å². The van der Waals surface area contributed by atoms with E-state index in [9.17, 15) is 4.79 Å². The van der Waals surface area contributed by atoms with E-state index >= 15 is 0 Å². The van der Waals surface area contributed by atoms with Gasteiger partial charge in [-0.15, -0.1) is 0 Å². The van der Waals surface area contributed by atoms with Gasteiger partial charge in [-0.25, -0.2) is 0 Å². The Bertz CT molecular complexity index is 4250. The van der Waals surface area contributed by atoms with Crippen LogP contribution in [-0.4, -0.2) is 14.5 Å². The molecule has 0 aliphatic rings. The van der Waals surface area contributed by atoms with Crippen LogP contribution >= 0.6 is 0 Å². The van der Waals surface area contributed by atoms with Crippen molar-refractivity contribution in [2.24, 2.45) is 0 Å². The van der Waals surface area contributed by atoms with E-state index in [0.29, 0.717) is 0 Å². The van der Waals surface area contributed by atoms with Crippen LogP contribution in [0, 0.1) is 27.7 Å². The summed E-state index contributed by atoms with van der Waals surface area (Å²) >= 11 is 0. The van der Waals surface area contributed by atoms with Crippen LogP contribution in [0.2, 0.25) is 0 Å². The average molecular weight is 1150 g/mol. The molecule has 0 atom stereocenters. The van der Waals surface area contributed by atoms with Gasteiger partial charge in [0.2, 0.25) is 0 Å². The molecule has 0 saturated carbocycles. The highest BCUT2D eigenvalue weighted by molar-refractivity contribution is 5.90. The van der Waals surface area contributed by atoms with Crippen LogP contribution in [0.5, 0.6) is 0 Å². The number of pyridine rings is 3. The summed E-state index contributed by atoms with van der Waals surface area (Å²) in [5.74, 6) is 0. The minimum atomic E-state index is -0.166. The molecule has 448 valence electrons. The number of benzene rings is 9. The van der Waals surface area contributed by atoms with Crippen LogP contribution in [0.1, 0.15) is 148 Å². The third kappa shape index (κ3) is 17.6. The third-order valence-corrected chi connectivity index (χ3v) is 15.9. The number of nitrogens with zero attached hydrogens (tertiary/aromatic N) is 3. The fourth-order valence-electron chi connectivity index (χ4n) is 11.0. The van der Waals surface area contributed by atoms with Gasteiger partial charge < -0.3 is 4.57 Å². The largest absolute Gasteiger partial charge is 0.310 e. The first kappa shape index (κ1) is 66.1. The molecule has 0 saturated heterocycles. The average Bonchev–Trinajstić information content (AvgIpc) is 1.84. The molecule has 0 N–H and O–H groups in total. The standard InChI is InChI=1S/C16H20.2C15H18.C14H16.C13H15NO.C10H8N2/c1-11-10-15(16(3,4)5)12(2)14-9-7-6-8-13(11)14;1-11-9-13(15(2,3)4)10-12-7-5-6-8-14(11)12;1-11-9-12-7-5-6-8-13(12)10-14(11)15(2,3)4;1-14(2,3)13-9-8-11-6-4-5-7-12(11)10-13;1-13(2,3)14-9-8-10-6-4-5-7-11(10)12(14)15;1-3-7-11-9(5-1)10-6-2-4-8-12-10/h6-10H,1-5H3;2*5-10H,1-4H3;4-10H,1-3H3;4-9H,1-3H3;1-8H. The molecule has 12 aromatic rings. The van der Waals surface area contributed by atoms with Gasteiger partial charge in [-0.2, -0.15) is 0 Å². The Labute approximate surface area is 521 Å². The first-order chi connectivity index (χ1) is 40.9. The number of aromatic nitrogens is 3. The van der Waals surface area contributed by atoms with E-state index in [1.54, 1.807) is 17.0 Å². The van der Waals surface area contributed by atoms with Gasteiger partial charge >= 0.3 is 0 Å². The lowest BCUT2D eigenvalue weighted by atomic mass is 9.81. The van der Waals surface area contributed by atoms with E-state index in [0.717, 1.165) is 22.2 Å². The highest BCUT2D eigenvalue weighted by Crippen LogP contribution is 2.34. The molecule has 12 rings (SSSR count). The summed E-state index contributed by atoms with van der Waals surface area (Å²) in [6.07, 6.45) is 5.40. The lowest BCUT2D eigenvalue weighted by molar-refractivity contribution is 0.386. The predicted molar refractivity (Wildman–Crippen MR) is 380 cm³/mol. The Morgan fingerprint density at radius 2 is 0.736 bits per heavy atom. The van der Waals surface area contributed by atoms with Crippen LogP contribution < -0.4 is 5.56 Å². The van der Waals surface area contributed by atoms with Crippen molar-refractivity contribution in [1.82, 2.24) is 14.5 Å². The number of hydrogen-bond acceptors (Lipinski definition) is 3. The van der Waals surface area contributed by atoms with Crippen molar-refractivity contribution in [1.29, 1.82) is 0 Å². The molecule has 0 amide bonds. The van der Waals surface area contributed by atoms with Crippen LogP contribution in [0.25, 0.3) is 65.3 Å². The van der Waals surface area contributed by atoms with E-state index in [-0.39, 0.29) is 32.8 Å². The quantitative estimate of drug-likeness (QED) is 0.165. The molecule has 0 unspecified atom stereocenters. The summed E-state index contributed by atoms with van der Waals surface area (Å²) in [5.41, 5.74) is 14.0. The zero-order valence-corrected chi connectivity index (χ0v) is 55.7. The van der Waals surface area contributed by atoms with Crippen molar-refractivity contribution in [3.8, 4) is 11.4 Å². The molecule has 4 heteroatoms. The summed E-state index contributed by atoms with van der Waals surface area (Å²) in [7, 11) is 0. The Balaban J connectivity index is 0.000000149. The maximum absolute atomic E-state index is 12.1. The fourth-order valence-corrected chi connectivity index (χ4v) is 11.0. The first-order valence-electron chi connectivity index (χ1n) is 30.8. The van der Waals surface area contributed by atoms with Crippen LogP contribution in [0.3, 0.4) is 0 Å². The summed E-state index contributed by atoms with van der Waals surface area (Å²) in [6.45, 7) is 42.1. The smallest absolute Gasteiger partial charge is 0.258 e. The Hall–Kier alpha value is -8.47. The number of rotatable bonds is 1. The van der Waals surface area contributed by atoms with E-state index in [2.05, 4.69) is 266 Å². The van der Waals surface area contributed by atoms with Gasteiger partial charge in [0, 0.05) is 29.5 Å². The first-order valence-corrected chi connectivity index (χ1v) is 30.8. The molecule has 0 aliphatic heterocycles. The van der Waals surface area contributed by atoms with Crippen LogP contribution in [0.15, 0.2) is 236 Å². The van der Waals surface area contributed by atoms with E-state index in [1.807, 2.05) is 93.7 Å². The van der Waals surface area contributed by atoms with Crippen molar-refractivity contribution in [2.45, 2.75) is 159 Å². The van der Waals surface area contributed by atoms with Crippen molar-refractivity contribution in [2.75, 3.05) is 0 Å². The normalized spacial score (nSPS) is 11.7. The lowest BCUT2D eigenvalue weighted by Gasteiger charge is -2.24. The van der Waals surface area contributed by atoms with Crippen molar-refractivity contribution in [3.05, 3.63) is 286 Å². The minimum absolute atomic E-state index is 0.0839. The van der Waals surface area contributed by atoms with E-state index in [4.69, 9.17) is 0 Å². The van der Waals surface area contributed by atoms with Gasteiger partial charge in [0.05, 0.1) is 11.4 Å². The summed E-state index contributed by atoms with van der Waals surface area (Å²) in [6, 6.07) is 73.9. The Morgan fingerprint density at radius 1 is 0.310 bits per heavy atom. The molecular weight excluding hydrogens is 1050 g/mol. The van der Waals surface area contributed by atoms with Gasteiger partial charge in [0.15, 0.2) is 0 Å². The lowest BCUT2D eigenvalue weighted by Crippen LogP contribution is -2.33. The molecule has 0 radical (unpaired) electrons. The van der Waals surface area contributed by atoms with Gasteiger partial charge in [-0.1, -0.05) is 259 Å². The van der Waals surface area contributed by atoms with Gasteiger partial charge in [-0.05, 0) is 200 Å². The second-order valence-electron chi connectivity index (χ2n) is 28.2. The Morgan fingerprint density at radius 3 is 1.24 bits per heavy atom. The maximum atomic E-state index is 12.1. The van der Waals surface area contributed by atoms with Crippen molar-refractivity contribution in [3.63, 3.8) is 0 Å². The molecule has 9 aromatic carbocycles. The monoisotopic (exact) mass is 1150 g/mol. The van der Waals surface area contributed by atoms with Crippen molar-refractivity contribution >= 4 is 53.9 Å². The minimum Gasteiger partial charge on any atom is -0.310 e. The molecule has 0 aliphatic carbocycles. The van der Waals surface area contributed by atoms with Crippen molar-refractivity contribution < 1.29 is 0 Å². The van der Waals surface area contributed by atoms with Crippen LogP contribution in [0.4, 0.5) is 0 Å². The number of aryl methyl sites for hydroxylation is 4. The maximum Gasteiger partial charge on any atom is 0.258 e. The predicted octanol–water partition coefficient (Wildman–Crippen LogP) is 22.7. The Kier molecular flexibility index (Phi) is 21.2. The van der Waals surface area contributed by atoms with Gasteiger partial charge in [0.25, 0.3) is 5.56 Å². The zero-order chi connectivity index (χ0) is 63.5. The molecule has 0 fully saturated rings. The second-order valence-corrected chi connectivity index (χ2v) is 28.2. The number of fused-ring (bicyclic) bond motifs is 5. The molecule has 0 spiro atoms. The molecule has 87 heavy (non-hydrogen) atoms. The number of hydrogen-bond donors (Lipinski definition) is 0. The zero-order valence-electron chi connectivity index (χ0n) is 55.7. The highest BCUT2D eigenvalue weighted by atomic mass is 16.1. The van der Waals surface area contributed by atoms with Gasteiger partial charge in [0.1, 0.15) is 0 Å². The summed E-state index contributed by atoms with van der Waals surface area (Å²) in [5, 5.41) is 12.6. The molecule has 0 bridgehead atoms. The summed E-state index contributed by atoms with van der Waals surface area (Å²) in [4.78, 5) is 20.5. The SMILES string of the molecule is CC(C)(C)c1ccc2ccccc2c1.CC(C)(C)n1ccc2ccccc2c1=O.Cc1cc(C(C)(C)C)c(C)c2ccccc12.Cc1cc(C(C)(C)C)cc2ccccc12.Cc1cc2ccccc2cc1C(C)(C)C.c1ccc(-c2ccccn2)nc1. The molecule has 4 nitrogen and oxygen atoms in total. The summed E-state index contributed by atoms with van der Waals surface area (Å²) < 4.78 is 1.77. The fraction of sp³-hybridized carbons (Fsp3) is 0.289. The second kappa shape index (κ2) is 27.9. The highest BCUT2D eigenvalue weighted by Gasteiger charge is 2.20.